The van der Waals surface area contributed by atoms with Crippen LogP contribution in [0.3, 0.4) is 0 Å². The van der Waals surface area contributed by atoms with Crippen LogP contribution in [0.5, 0.6) is 0 Å². The Hall–Kier alpha value is -3.61. The molecule has 2 aromatic rings. The molecule has 0 radical (unpaired) electrons. The maximum atomic E-state index is 13.7. The van der Waals surface area contributed by atoms with Gasteiger partial charge in [0.1, 0.15) is 11.7 Å². The lowest BCUT2D eigenvalue weighted by molar-refractivity contribution is -0.802. The SMILES string of the molecule is COC(=O)[C@@H]1O[B-]2([C@@H](CC(=O)[C@@H](NC(=O)c3cccc(-c4ccccc4)n3)[C@@H](C)O)CC(C)C)OC(=O)[C@H]1[N+]2(C)C. The van der Waals surface area contributed by atoms with E-state index >= 15 is 0 Å². The molecule has 2 fully saturated rings. The van der Waals surface area contributed by atoms with Gasteiger partial charge in [-0.15, -0.1) is 0 Å². The van der Waals surface area contributed by atoms with Gasteiger partial charge in [-0.05, 0) is 37.2 Å². The van der Waals surface area contributed by atoms with Gasteiger partial charge in [-0.1, -0.05) is 56.7 Å². The molecule has 12 heteroatoms. The molecule has 0 aliphatic carbocycles. The number of Topliss-reactive ketones (excluding diaryl/α,β-unsaturated/α-hetero) is 1. The number of aromatic nitrogens is 1. The van der Waals surface area contributed by atoms with Crippen LogP contribution in [0.4, 0.5) is 0 Å². The lowest BCUT2D eigenvalue weighted by Gasteiger charge is -2.46. The standard InChI is InChI=1S/C29H38BN3O8/c1-17(2)15-20(30-33(4,5)25(28(37)41-30)26(40-30)29(38)39-6)16-23(35)24(18(3)34)32-27(36)22-14-10-13-21(31-22)19-11-8-7-9-12-19/h7-14,17-18,20,24-26,34H,15-16H2,1-6H3,(H,32,36)/t18-,20-,24+,25+,26-,30?/m1/s1. The van der Waals surface area contributed by atoms with E-state index in [9.17, 15) is 24.3 Å². The predicted octanol–water partition coefficient (Wildman–Crippen LogP) is 2.12. The lowest BCUT2D eigenvalue weighted by Crippen LogP contribution is -2.63. The first-order chi connectivity index (χ1) is 19.3. The van der Waals surface area contributed by atoms with E-state index in [0.717, 1.165) is 5.56 Å². The third-order valence-electron chi connectivity index (χ3n) is 8.23. The largest absolute Gasteiger partial charge is 0.610 e. The second kappa shape index (κ2) is 11.7. The highest BCUT2D eigenvalue weighted by Gasteiger charge is 2.74. The summed E-state index contributed by atoms with van der Waals surface area (Å²) in [5.74, 6) is -2.89. The average molecular weight is 567 g/mol. The van der Waals surface area contributed by atoms with E-state index in [2.05, 4.69) is 10.3 Å². The summed E-state index contributed by atoms with van der Waals surface area (Å²) in [6, 6.07) is 12.2. The average Bonchev–Trinajstić information content (AvgIpc) is 3.29. The van der Waals surface area contributed by atoms with Crippen molar-refractivity contribution in [2.75, 3.05) is 21.2 Å². The molecule has 2 aliphatic heterocycles. The molecule has 3 heterocycles. The number of nitrogens with zero attached hydrogens (tertiary/aromatic N) is 2. The number of aliphatic hydroxyl groups excluding tert-OH is 1. The molecule has 2 bridgehead atoms. The van der Waals surface area contributed by atoms with Gasteiger partial charge in [-0.25, -0.2) is 14.6 Å². The second-order valence-corrected chi connectivity index (χ2v) is 11.8. The third kappa shape index (κ3) is 5.64. The maximum Gasteiger partial charge on any atom is 0.532 e. The number of carbonyl (C=O) groups excluding carboxylic acids is 4. The second-order valence-electron chi connectivity index (χ2n) is 11.8. The van der Waals surface area contributed by atoms with Gasteiger partial charge in [0, 0.05) is 19.7 Å². The number of ketones is 1. The number of aliphatic hydroxyl groups is 1. The Morgan fingerprint density at radius 3 is 2.39 bits per heavy atom. The van der Waals surface area contributed by atoms with Crippen LogP contribution in [0.1, 0.15) is 44.1 Å². The van der Waals surface area contributed by atoms with Gasteiger partial charge < -0.3 is 28.9 Å². The first-order valence-corrected chi connectivity index (χ1v) is 13.8. The molecule has 1 aromatic heterocycles. The molecule has 1 unspecified atom stereocenters. The molecule has 0 spiro atoms. The molecule has 1 aromatic carbocycles. The third-order valence-corrected chi connectivity index (χ3v) is 8.23. The highest BCUT2D eigenvalue weighted by Crippen LogP contribution is 2.51. The number of quaternary nitrogens is 1. The number of likely N-dealkylation sites (N-methyl/N-ethyl adjacent to an activating group) is 1. The first kappa shape index (κ1) is 30.4. The van der Waals surface area contributed by atoms with Crippen molar-refractivity contribution in [3.05, 3.63) is 54.2 Å². The molecule has 0 saturated carbocycles. The number of hydrogen-bond acceptors (Lipinski definition) is 9. The summed E-state index contributed by atoms with van der Waals surface area (Å²) in [7, 11) is 4.71. The van der Waals surface area contributed by atoms with Crippen LogP contribution >= 0.6 is 0 Å². The molecule has 6 atom stereocenters. The zero-order chi connectivity index (χ0) is 30.1. The number of benzene rings is 1. The summed E-state index contributed by atoms with van der Waals surface area (Å²) in [6.07, 6.45) is -2.11. The fourth-order valence-corrected chi connectivity index (χ4v) is 6.27. The van der Waals surface area contributed by atoms with E-state index in [0.29, 0.717) is 12.1 Å². The maximum absolute atomic E-state index is 13.7. The topological polar surface area (TPSA) is 141 Å². The molecule has 220 valence electrons. The van der Waals surface area contributed by atoms with Crippen LogP contribution in [0.2, 0.25) is 5.82 Å². The summed E-state index contributed by atoms with van der Waals surface area (Å²) in [5.41, 5.74) is 1.51. The van der Waals surface area contributed by atoms with Gasteiger partial charge in [0.2, 0.25) is 0 Å². The zero-order valence-corrected chi connectivity index (χ0v) is 24.3. The van der Waals surface area contributed by atoms with E-state index in [1.807, 2.05) is 44.2 Å². The van der Waals surface area contributed by atoms with Gasteiger partial charge in [-0.2, -0.15) is 0 Å². The van der Waals surface area contributed by atoms with Crippen molar-refractivity contribution in [2.24, 2.45) is 5.92 Å². The van der Waals surface area contributed by atoms with Crippen molar-refractivity contribution < 1.29 is 42.7 Å². The van der Waals surface area contributed by atoms with Crippen molar-refractivity contribution in [1.29, 1.82) is 0 Å². The summed E-state index contributed by atoms with van der Waals surface area (Å²) in [4.78, 5) is 56.8. The van der Waals surface area contributed by atoms with Crippen LogP contribution in [-0.4, -0.2) is 90.3 Å². The van der Waals surface area contributed by atoms with Crippen molar-refractivity contribution in [1.82, 2.24) is 10.3 Å². The van der Waals surface area contributed by atoms with Gasteiger partial charge in [0.25, 0.3) is 5.91 Å². The van der Waals surface area contributed by atoms with E-state index in [1.54, 1.807) is 26.2 Å². The number of methoxy groups -OCH3 is 1. The smallest absolute Gasteiger partial charge is 0.532 e. The number of rotatable bonds is 11. The van der Waals surface area contributed by atoms with Crippen LogP contribution in [0.25, 0.3) is 11.3 Å². The lowest BCUT2D eigenvalue weighted by atomic mass is 9.52. The Morgan fingerprint density at radius 1 is 1.10 bits per heavy atom. The summed E-state index contributed by atoms with van der Waals surface area (Å²) >= 11 is 0. The molecule has 1 amide bonds. The number of carbonyl (C=O) groups is 4. The normalized spacial score (nSPS) is 24.8. The molecule has 4 rings (SSSR count). The number of esters is 1. The van der Waals surface area contributed by atoms with E-state index in [1.165, 1.54) is 20.1 Å². The Bertz CT molecular complexity index is 1320. The fraction of sp³-hybridized carbons (Fsp3) is 0.483. The molecule has 2 saturated heterocycles. The van der Waals surface area contributed by atoms with Crippen LogP contribution in [0, 0.1) is 5.92 Å². The summed E-state index contributed by atoms with van der Waals surface area (Å²) in [5, 5.41) is 13.2. The zero-order valence-electron chi connectivity index (χ0n) is 24.3. The Labute approximate surface area is 239 Å². The fourth-order valence-electron chi connectivity index (χ4n) is 6.27. The van der Waals surface area contributed by atoms with Crippen molar-refractivity contribution >= 4 is 30.3 Å². The van der Waals surface area contributed by atoms with E-state index in [-0.39, 0.29) is 22.4 Å². The number of ether oxygens (including phenoxy) is 1. The summed E-state index contributed by atoms with van der Waals surface area (Å²) in [6.45, 7) is 2.84. The highest BCUT2D eigenvalue weighted by atomic mass is 16.7. The quantitative estimate of drug-likeness (QED) is 0.309. The minimum atomic E-state index is -2.51. The molecule has 2 aliphatic rings. The van der Waals surface area contributed by atoms with Gasteiger partial charge in [0.05, 0.1) is 18.9 Å². The number of hydrogen-bond donors (Lipinski definition) is 2. The van der Waals surface area contributed by atoms with E-state index < -0.39 is 60.4 Å². The number of fused-ring (bicyclic) bond motifs is 2. The first-order valence-electron chi connectivity index (χ1n) is 13.8. The molecule has 41 heavy (non-hydrogen) atoms. The number of amides is 1. The number of pyridine rings is 1. The molecule has 2 N–H and O–H groups in total. The molecule has 11 nitrogen and oxygen atoms in total. The van der Waals surface area contributed by atoms with Crippen molar-refractivity contribution in [2.45, 2.75) is 63.7 Å². The van der Waals surface area contributed by atoms with Crippen molar-refractivity contribution in [3.8, 4) is 11.3 Å². The summed E-state index contributed by atoms with van der Waals surface area (Å²) < 4.78 is 16.9. The van der Waals surface area contributed by atoms with Crippen LogP contribution in [-0.2, 0) is 28.4 Å². The Balaban J connectivity index is 1.58. The Morgan fingerprint density at radius 2 is 1.78 bits per heavy atom. The highest BCUT2D eigenvalue weighted by molar-refractivity contribution is 6.66. The molecular weight excluding hydrogens is 529 g/mol. The van der Waals surface area contributed by atoms with Crippen molar-refractivity contribution in [3.63, 3.8) is 0 Å². The monoisotopic (exact) mass is 567 g/mol. The minimum Gasteiger partial charge on any atom is -0.610 e. The minimum absolute atomic E-state index is 0.0643. The van der Waals surface area contributed by atoms with Crippen LogP contribution in [0.15, 0.2) is 48.5 Å². The number of nitrogens with one attached hydrogen (secondary N) is 1. The Kier molecular flexibility index (Phi) is 8.67. The van der Waals surface area contributed by atoms with Gasteiger partial charge in [0.15, 0.2) is 17.9 Å². The predicted molar refractivity (Wildman–Crippen MR) is 150 cm³/mol. The van der Waals surface area contributed by atoms with Gasteiger partial charge in [-0.3, -0.25) is 9.59 Å². The molecular formula is C29H38BN3O8. The van der Waals surface area contributed by atoms with Crippen LogP contribution < -0.4 is 5.32 Å². The van der Waals surface area contributed by atoms with E-state index in [4.69, 9.17) is 14.0 Å². The van der Waals surface area contributed by atoms with Gasteiger partial charge >= 0.3 is 18.6 Å².